The molecule has 2 aliphatic heterocycles. The van der Waals surface area contributed by atoms with Crippen molar-refractivity contribution in [3.63, 3.8) is 0 Å². The van der Waals surface area contributed by atoms with Crippen LogP contribution in [0.15, 0.2) is 53.1 Å². The number of urea groups is 1. The number of hydrogen-bond donors (Lipinski definition) is 1. The van der Waals surface area contributed by atoms with Gasteiger partial charge in [-0.1, -0.05) is 35.5 Å². The van der Waals surface area contributed by atoms with E-state index in [1.807, 2.05) is 72.1 Å². The van der Waals surface area contributed by atoms with Crippen LogP contribution in [-0.2, 0) is 11.8 Å². The minimum Gasteiger partial charge on any atom is -0.341 e. The number of aryl methyl sites for hydroxylation is 2. The first-order chi connectivity index (χ1) is 17.5. The predicted molar refractivity (Wildman–Crippen MR) is 133 cm³/mol. The Morgan fingerprint density at radius 2 is 1.89 bits per heavy atom. The average Bonchev–Trinajstić information content (AvgIpc) is 3.62. The summed E-state index contributed by atoms with van der Waals surface area (Å²) in [6.45, 7) is 3.49. The lowest BCUT2D eigenvalue weighted by atomic mass is 9.96. The van der Waals surface area contributed by atoms with E-state index < -0.39 is 6.04 Å². The van der Waals surface area contributed by atoms with Crippen LogP contribution in [0, 0.1) is 6.92 Å². The number of benzene rings is 2. The topological polar surface area (TPSA) is 109 Å². The third-order valence-electron chi connectivity index (χ3n) is 7.17. The second-order valence-electron chi connectivity index (χ2n) is 9.44. The molecule has 2 aromatic heterocycles. The lowest BCUT2D eigenvalue weighted by molar-refractivity contribution is -0.133. The van der Waals surface area contributed by atoms with Crippen molar-refractivity contribution in [2.75, 3.05) is 24.5 Å². The third kappa shape index (κ3) is 3.88. The van der Waals surface area contributed by atoms with Crippen LogP contribution < -0.4 is 10.2 Å². The molecule has 4 aromatic rings. The van der Waals surface area contributed by atoms with E-state index in [1.54, 1.807) is 4.90 Å². The number of hydrogen-bond acceptors (Lipinski definition) is 6. The summed E-state index contributed by atoms with van der Waals surface area (Å²) in [5.41, 5.74) is 3.68. The first kappa shape index (κ1) is 22.3. The first-order valence-corrected chi connectivity index (χ1v) is 12.2. The monoisotopic (exact) mass is 485 g/mol. The molecule has 3 amide bonds. The lowest BCUT2D eigenvalue weighted by Crippen LogP contribution is -2.48. The number of rotatable bonds is 4. The van der Waals surface area contributed by atoms with Crippen LogP contribution in [0.25, 0.3) is 22.3 Å². The van der Waals surface area contributed by atoms with Gasteiger partial charge in [0.15, 0.2) is 0 Å². The molecule has 0 aliphatic carbocycles. The fourth-order valence-corrected chi connectivity index (χ4v) is 5.17. The van der Waals surface area contributed by atoms with Gasteiger partial charge in [-0.15, -0.1) is 0 Å². The molecule has 36 heavy (non-hydrogen) atoms. The molecule has 10 nitrogen and oxygen atoms in total. The molecule has 0 saturated carbocycles. The van der Waals surface area contributed by atoms with E-state index >= 15 is 0 Å². The SMILES string of the molecule is Cc1nn(C)c2cc(-c3noc(C4CCN(C(=O)[C@H]5CN(c6ccccc6)C(=O)N5)CC4)n3)ccc12. The molecule has 2 saturated heterocycles. The fraction of sp³-hybridized carbons (Fsp3) is 0.346. The van der Waals surface area contributed by atoms with E-state index in [9.17, 15) is 9.59 Å². The second-order valence-corrected chi connectivity index (χ2v) is 9.44. The smallest absolute Gasteiger partial charge is 0.322 e. The zero-order valence-electron chi connectivity index (χ0n) is 20.2. The standard InChI is InChI=1S/C26H27N7O3/c1-16-20-9-8-18(14-22(20)31(2)29-16)23-28-24(36-30-23)17-10-12-32(13-11-17)25(34)21-15-33(26(35)27-21)19-6-4-3-5-7-19/h3-9,14,17,21H,10-13,15H2,1-2H3,(H,27,35)/t21-/m1/s1. The Morgan fingerprint density at radius 3 is 2.67 bits per heavy atom. The number of piperidine rings is 1. The number of likely N-dealkylation sites (tertiary alicyclic amines) is 1. The summed E-state index contributed by atoms with van der Waals surface area (Å²) in [5, 5.41) is 12.6. The van der Waals surface area contributed by atoms with Crippen molar-refractivity contribution in [1.82, 2.24) is 30.1 Å². The molecule has 0 spiro atoms. The highest BCUT2D eigenvalue weighted by Crippen LogP contribution is 2.30. The van der Waals surface area contributed by atoms with Crippen molar-refractivity contribution in [2.24, 2.45) is 7.05 Å². The molecule has 2 aliphatic rings. The van der Waals surface area contributed by atoms with Crippen molar-refractivity contribution < 1.29 is 14.1 Å². The van der Waals surface area contributed by atoms with Gasteiger partial charge in [0.1, 0.15) is 6.04 Å². The Bertz CT molecular complexity index is 1440. The Balaban J connectivity index is 1.09. The summed E-state index contributed by atoms with van der Waals surface area (Å²) in [6, 6.07) is 14.7. The van der Waals surface area contributed by atoms with Crippen LogP contribution >= 0.6 is 0 Å². The minimum atomic E-state index is -0.546. The maximum absolute atomic E-state index is 13.1. The van der Waals surface area contributed by atoms with Crippen molar-refractivity contribution in [3.8, 4) is 11.4 Å². The summed E-state index contributed by atoms with van der Waals surface area (Å²) >= 11 is 0. The van der Waals surface area contributed by atoms with Gasteiger partial charge in [0, 0.05) is 42.7 Å². The molecule has 0 bridgehead atoms. The first-order valence-electron chi connectivity index (χ1n) is 12.2. The number of nitrogens with zero attached hydrogens (tertiary/aromatic N) is 6. The summed E-state index contributed by atoms with van der Waals surface area (Å²) in [5.74, 6) is 1.20. The Labute approximate surface area is 207 Å². The Hall–Kier alpha value is -4.21. The molecule has 0 unspecified atom stereocenters. The molecule has 2 fully saturated rings. The number of fused-ring (bicyclic) bond motifs is 1. The molecule has 184 valence electrons. The summed E-state index contributed by atoms with van der Waals surface area (Å²) in [6.07, 6.45) is 1.47. The highest BCUT2D eigenvalue weighted by molar-refractivity contribution is 6.00. The molecule has 10 heteroatoms. The van der Waals surface area contributed by atoms with Crippen LogP contribution in [0.5, 0.6) is 0 Å². The Kier molecular flexibility index (Phi) is 5.43. The molecule has 1 atom stereocenters. The van der Waals surface area contributed by atoms with Crippen LogP contribution in [0.3, 0.4) is 0 Å². The molecule has 6 rings (SSSR count). The number of nitrogens with one attached hydrogen (secondary N) is 1. The fourth-order valence-electron chi connectivity index (χ4n) is 5.17. The van der Waals surface area contributed by atoms with Gasteiger partial charge < -0.3 is 14.7 Å². The van der Waals surface area contributed by atoms with E-state index in [4.69, 9.17) is 4.52 Å². The molecule has 0 radical (unpaired) electrons. The van der Waals surface area contributed by atoms with E-state index in [-0.39, 0.29) is 17.9 Å². The highest BCUT2D eigenvalue weighted by Gasteiger charge is 2.38. The number of aromatic nitrogens is 4. The van der Waals surface area contributed by atoms with Gasteiger partial charge in [-0.3, -0.25) is 14.4 Å². The van der Waals surface area contributed by atoms with Gasteiger partial charge in [0.25, 0.3) is 0 Å². The number of anilines is 1. The maximum Gasteiger partial charge on any atom is 0.322 e. The van der Waals surface area contributed by atoms with Gasteiger partial charge in [-0.2, -0.15) is 10.1 Å². The van der Waals surface area contributed by atoms with Crippen LogP contribution in [0.1, 0.15) is 30.3 Å². The van der Waals surface area contributed by atoms with Gasteiger partial charge >= 0.3 is 6.03 Å². The van der Waals surface area contributed by atoms with Crippen molar-refractivity contribution in [2.45, 2.75) is 31.7 Å². The quantitative estimate of drug-likeness (QED) is 0.475. The molecule has 2 aromatic carbocycles. The highest BCUT2D eigenvalue weighted by atomic mass is 16.5. The Morgan fingerprint density at radius 1 is 1.11 bits per heavy atom. The number of carbonyl (C=O) groups excluding carboxylic acids is 2. The van der Waals surface area contributed by atoms with E-state index in [0.29, 0.717) is 31.3 Å². The largest absolute Gasteiger partial charge is 0.341 e. The molecular weight excluding hydrogens is 458 g/mol. The van der Waals surface area contributed by atoms with E-state index in [2.05, 4.69) is 20.6 Å². The summed E-state index contributed by atoms with van der Waals surface area (Å²) in [7, 11) is 1.92. The minimum absolute atomic E-state index is 0.0498. The molecular formula is C26H27N7O3. The van der Waals surface area contributed by atoms with Crippen LogP contribution in [0.2, 0.25) is 0 Å². The zero-order valence-corrected chi connectivity index (χ0v) is 20.2. The normalized spacial score (nSPS) is 18.7. The second kappa shape index (κ2) is 8.78. The van der Waals surface area contributed by atoms with Gasteiger partial charge in [0.05, 0.1) is 17.8 Å². The van der Waals surface area contributed by atoms with Crippen molar-refractivity contribution >= 4 is 28.5 Å². The molecule has 4 heterocycles. The maximum atomic E-state index is 13.1. The van der Waals surface area contributed by atoms with Crippen LogP contribution in [-0.4, -0.2) is 62.4 Å². The number of carbonyl (C=O) groups is 2. The van der Waals surface area contributed by atoms with Crippen molar-refractivity contribution in [3.05, 3.63) is 60.1 Å². The lowest BCUT2D eigenvalue weighted by Gasteiger charge is -2.32. The molecule has 1 N–H and O–H groups in total. The third-order valence-corrected chi connectivity index (χ3v) is 7.17. The van der Waals surface area contributed by atoms with Gasteiger partial charge in [-0.25, -0.2) is 4.79 Å². The van der Waals surface area contributed by atoms with Crippen LogP contribution in [0.4, 0.5) is 10.5 Å². The summed E-state index contributed by atoms with van der Waals surface area (Å²) in [4.78, 5) is 33.7. The van der Waals surface area contributed by atoms with Crippen molar-refractivity contribution in [1.29, 1.82) is 0 Å². The van der Waals surface area contributed by atoms with Gasteiger partial charge in [0.2, 0.25) is 17.6 Å². The average molecular weight is 486 g/mol. The zero-order chi connectivity index (χ0) is 24.8. The summed E-state index contributed by atoms with van der Waals surface area (Å²) < 4.78 is 7.48. The van der Waals surface area contributed by atoms with E-state index in [1.165, 1.54) is 0 Å². The van der Waals surface area contributed by atoms with Gasteiger partial charge in [-0.05, 0) is 38.0 Å². The number of para-hydroxylation sites is 1. The number of amides is 3. The van der Waals surface area contributed by atoms with E-state index in [0.717, 1.165) is 40.7 Å². The predicted octanol–water partition coefficient (Wildman–Crippen LogP) is 3.24.